The summed E-state index contributed by atoms with van der Waals surface area (Å²) in [5, 5.41) is 12.0. The maximum Gasteiger partial charge on any atom is 0.162 e. The molecule has 0 spiro atoms. The quantitative estimate of drug-likeness (QED) is 0.0908. The molecule has 49 heavy (non-hydrogen) atoms. The predicted octanol–water partition coefficient (Wildman–Crippen LogP) is 11.9. The average Bonchev–Trinajstić information content (AvgIpc) is 3.38. The summed E-state index contributed by atoms with van der Waals surface area (Å²) in [7, 11) is 0. The van der Waals surface area contributed by atoms with Gasteiger partial charge in [0.15, 0.2) is 5.78 Å². The van der Waals surface area contributed by atoms with Gasteiger partial charge in [-0.25, -0.2) is 4.98 Å². The van der Waals surface area contributed by atoms with Crippen LogP contribution in [-0.4, -0.2) is 25.8 Å². The average molecular weight is 857 g/mol. The van der Waals surface area contributed by atoms with E-state index in [1.807, 2.05) is 34.6 Å². The van der Waals surface area contributed by atoms with Gasteiger partial charge in [0, 0.05) is 69.7 Å². The fourth-order valence-corrected chi connectivity index (χ4v) is 7.49. The van der Waals surface area contributed by atoms with Crippen LogP contribution in [0.1, 0.15) is 112 Å². The van der Waals surface area contributed by atoms with Crippen molar-refractivity contribution < 1.29 is 30.0 Å². The maximum absolute atomic E-state index is 11.7. The molecule has 1 N–H and O–H groups in total. The SMILES string of the molecule is CCC(CC)C(=O)/C=C(\O)C(CC)CC.Cc1ccc2[c-]c(-c3ncnc4c3sc3cc(CC(C)(C)C)ccc34)cc(C(C)(C)C)c2n1.[Ir]. The molecule has 0 aliphatic heterocycles. The Morgan fingerprint density at radius 3 is 2.14 bits per heavy atom. The molecule has 0 saturated carbocycles. The number of aromatic nitrogens is 3. The molecule has 0 unspecified atom stereocenters. The topological polar surface area (TPSA) is 76.0 Å². The molecule has 0 atom stereocenters. The van der Waals surface area contributed by atoms with Gasteiger partial charge in [-0.05, 0) is 61.5 Å². The number of ketones is 1. The summed E-state index contributed by atoms with van der Waals surface area (Å²) in [6.45, 7) is 23.7. The second-order valence-corrected chi connectivity index (χ2v) is 16.3. The first-order chi connectivity index (χ1) is 22.6. The number of carbonyl (C=O) groups is 1. The van der Waals surface area contributed by atoms with Gasteiger partial charge >= 0.3 is 0 Å². The van der Waals surface area contributed by atoms with E-state index in [1.54, 1.807) is 17.7 Å². The van der Waals surface area contributed by atoms with Gasteiger partial charge in [-0.2, -0.15) is 0 Å². The Balaban J connectivity index is 0.000000347. The molecule has 0 aliphatic carbocycles. The van der Waals surface area contributed by atoms with Gasteiger partial charge in [0.2, 0.25) is 0 Å². The first kappa shape index (κ1) is 40.4. The number of benzene rings is 2. The number of nitrogens with zero attached hydrogens (tertiary/aromatic N) is 3. The Bertz CT molecular complexity index is 1920. The van der Waals surface area contributed by atoms with Crippen molar-refractivity contribution in [2.75, 3.05) is 0 Å². The number of aryl methyl sites for hydroxylation is 1. The summed E-state index contributed by atoms with van der Waals surface area (Å²) in [5.74, 6) is 0.547. The van der Waals surface area contributed by atoms with E-state index < -0.39 is 0 Å². The van der Waals surface area contributed by atoms with Gasteiger partial charge in [-0.1, -0.05) is 104 Å². The van der Waals surface area contributed by atoms with Crippen molar-refractivity contribution >= 4 is 48.3 Å². The zero-order valence-corrected chi connectivity index (χ0v) is 34.5. The number of hydrogen-bond donors (Lipinski definition) is 1. The van der Waals surface area contributed by atoms with Crippen LogP contribution in [0.15, 0.2) is 54.6 Å². The minimum Gasteiger partial charge on any atom is -0.512 e. The summed E-state index contributed by atoms with van der Waals surface area (Å²) in [4.78, 5) is 26.0. The van der Waals surface area contributed by atoms with Crippen LogP contribution in [0.5, 0.6) is 0 Å². The number of thiophene rings is 1. The second kappa shape index (κ2) is 16.8. The number of fused-ring (bicyclic) bond motifs is 4. The monoisotopic (exact) mass is 857 g/mol. The molecule has 0 saturated heterocycles. The summed E-state index contributed by atoms with van der Waals surface area (Å²) in [6.07, 6.45) is 7.65. The van der Waals surface area contributed by atoms with Crippen molar-refractivity contribution in [1.29, 1.82) is 0 Å². The van der Waals surface area contributed by atoms with Gasteiger partial charge in [-0.15, -0.1) is 29.5 Å². The summed E-state index contributed by atoms with van der Waals surface area (Å²) in [6, 6.07) is 16.8. The van der Waals surface area contributed by atoms with Gasteiger partial charge in [0.05, 0.1) is 11.3 Å². The van der Waals surface area contributed by atoms with Crippen LogP contribution in [0.2, 0.25) is 0 Å². The second-order valence-electron chi connectivity index (χ2n) is 15.3. The van der Waals surface area contributed by atoms with E-state index in [1.165, 1.54) is 27.3 Å². The molecular formula is C42H54IrN3O2S-. The summed E-state index contributed by atoms with van der Waals surface area (Å²) >= 11 is 1.78. The first-order valence-corrected chi connectivity index (χ1v) is 18.4. The Morgan fingerprint density at radius 2 is 1.55 bits per heavy atom. The largest absolute Gasteiger partial charge is 0.512 e. The molecule has 3 heterocycles. The van der Waals surface area contributed by atoms with E-state index in [-0.39, 0.29) is 54.3 Å². The fourth-order valence-electron chi connectivity index (χ4n) is 6.27. The van der Waals surface area contributed by atoms with E-state index in [4.69, 9.17) is 9.97 Å². The number of rotatable bonds is 9. The Kier molecular flexibility index (Phi) is 13.9. The van der Waals surface area contributed by atoms with Crippen molar-refractivity contribution in [2.24, 2.45) is 17.3 Å². The smallest absolute Gasteiger partial charge is 0.162 e. The van der Waals surface area contributed by atoms with Crippen molar-refractivity contribution in [3.8, 4) is 11.3 Å². The molecule has 5 aromatic rings. The van der Waals surface area contributed by atoms with Gasteiger partial charge in [0.1, 0.15) is 6.33 Å². The summed E-state index contributed by atoms with van der Waals surface area (Å²) in [5.41, 5.74) is 7.82. The zero-order valence-electron chi connectivity index (χ0n) is 31.2. The normalized spacial score (nSPS) is 12.5. The number of carbonyl (C=O) groups excluding carboxylic acids is 1. The van der Waals surface area contributed by atoms with Gasteiger partial charge in [-0.3, -0.25) is 14.8 Å². The number of allylic oxidation sites excluding steroid dienone is 2. The Hall–Kier alpha value is -2.99. The van der Waals surface area contributed by atoms with Crippen LogP contribution in [0.25, 0.3) is 42.5 Å². The number of hydrogen-bond acceptors (Lipinski definition) is 6. The molecule has 0 aliphatic rings. The van der Waals surface area contributed by atoms with Crippen molar-refractivity contribution in [2.45, 2.75) is 114 Å². The maximum atomic E-state index is 11.7. The van der Waals surface area contributed by atoms with E-state index in [2.05, 4.69) is 89.0 Å². The Labute approximate surface area is 311 Å². The molecule has 0 amide bonds. The fraction of sp³-hybridized carbons (Fsp3) is 0.476. The van der Waals surface area contributed by atoms with Gasteiger partial charge in [0.25, 0.3) is 0 Å². The summed E-state index contributed by atoms with van der Waals surface area (Å²) < 4.78 is 2.39. The van der Waals surface area contributed by atoms with Crippen LogP contribution in [0.4, 0.5) is 0 Å². The van der Waals surface area contributed by atoms with E-state index >= 15 is 0 Å². The zero-order chi connectivity index (χ0) is 35.4. The van der Waals surface area contributed by atoms with E-state index in [0.717, 1.165) is 70.2 Å². The molecule has 5 rings (SSSR count). The van der Waals surface area contributed by atoms with E-state index in [9.17, 15) is 9.90 Å². The van der Waals surface area contributed by atoms with Crippen LogP contribution in [0, 0.1) is 30.2 Å². The molecule has 0 fully saturated rings. The molecular weight excluding hydrogens is 803 g/mol. The molecule has 3 aromatic heterocycles. The van der Waals surface area contributed by atoms with Crippen molar-refractivity contribution in [3.63, 3.8) is 0 Å². The van der Waals surface area contributed by atoms with E-state index in [0.29, 0.717) is 0 Å². The van der Waals surface area contributed by atoms with Crippen LogP contribution in [-0.2, 0) is 36.7 Å². The number of aliphatic hydroxyl groups excluding tert-OH is 1. The predicted molar refractivity (Wildman–Crippen MR) is 205 cm³/mol. The third-order valence-corrected chi connectivity index (χ3v) is 10.2. The number of pyridine rings is 1. The third-order valence-electron chi connectivity index (χ3n) is 9.04. The van der Waals surface area contributed by atoms with Crippen LogP contribution >= 0.6 is 11.3 Å². The molecule has 0 bridgehead atoms. The third kappa shape index (κ3) is 9.83. The molecule has 265 valence electrons. The number of aliphatic hydroxyl groups is 1. The molecule has 2 aromatic carbocycles. The molecule has 1 radical (unpaired) electrons. The van der Waals surface area contributed by atoms with Crippen LogP contribution < -0.4 is 0 Å². The standard InChI is InChI=1S/C29H30N3S.C13H24O2.Ir/c1-17-8-10-19-13-20(14-22(24(19)32-17)29(5,6)7)25-27-26(31-16-30-25)21-11-9-18(12-23(21)33-27)15-28(2,3)4;1-5-10(6-2)12(14)9-13(15)11(7-3)8-4;/h8-12,14,16H,15H2,1-7H3;9-11,14H,5-8H2,1-4H3;/q-1;;/b;12-9-;. The van der Waals surface area contributed by atoms with Crippen LogP contribution in [0.3, 0.4) is 0 Å². The first-order valence-electron chi connectivity index (χ1n) is 17.5. The van der Waals surface area contributed by atoms with Gasteiger partial charge < -0.3 is 5.11 Å². The molecule has 5 nitrogen and oxygen atoms in total. The van der Waals surface area contributed by atoms with Crippen molar-refractivity contribution in [3.05, 3.63) is 77.4 Å². The Morgan fingerprint density at radius 1 is 0.898 bits per heavy atom. The van der Waals surface area contributed by atoms with Crippen molar-refractivity contribution in [1.82, 2.24) is 15.0 Å². The minimum absolute atomic E-state index is 0. The molecule has 7 heteroatoms. The minimum atomic E-state index is -0.0446.